The average molecular weight is 277 g/mol. The second kappa shape index (κ2) is 6.43. The van der Waals surface area contributed by atoms with Crippen molar-refractivity contribution in [2.75, 3.05) is 12.4 Å². The fraction of sp³-hybridized carbons (Fsp3) is 0.286. The predicted octanol–water partition coefficient (Wildman–Crippen LogP) is 3.36. The van der Waals surface area contributed by atoms with Gasteiger partial charge in [-0.3, -0.25) is 4.79 Å². The lowest BCUT2D eigenvalue weighted by Crippen LogP contribution is -2.02. The van der Waals surface area contributed by atoms with Gasteiger partial charge in [-0.1, -0.05) is 11.8 Å². The highest BCUT2D eigenvalue weighted by atomic mass is 32.2. The van der Waals surface area contributed by atoms with Crippen molar-refractivity contribution in [2.45, 2.75) is 19.1 Å². The fourth-order valence-electron chi connectivity index (χ4n) is 1.51. The first-order chi connectivity index (χ1) is 9.19. The Morgan fingerprint density at radius 1 is 1.37 bits per heavy atom. The largest absolute Gasteiger partial charge is 0.494 e. The molecule has 0 fully saturated rings. The zero-order valence-corrected chi connectivity index (χ0v) is 11.7. The minimum Gasteiger partial charge on any atom is -0.494 e. The van der Waals surface area contributed by atoms with E-state index in [-0.39, 0.29) is 5.78 Å². The Labute approximate surface area is 116 Å². The van der Waals surface area contributed by atoms with Crippen LogP contribution in [-0.2, 0) is 0 Å². The van der Waals surface area contributed by atoms with E-state index in [1.165, 1.54) is 11.8 Å². The summed E-state index contributed by atoms with van der Waals surface area (Å²) in [6.07, 6.45) is 1.57. The van der Waals surface area contributed by atoms with E-state index in [9.17, 15) is 4.79 Å². The van der Waals surface area contributed by atoms with Gasteiger partial charge in [-0.15, -0.1) is 0 Å². The van der Waals surface area contributed by atoms with Gasteiger partial charge in [0.25, 0.3) is 5.22 Å². The van der Waals surface area contributed by atoms with Crippen LogP contribution in [0.5, 0.6) is 5.75 Å². The average Bonchev–Trinajstić information content (AvgIpc) is 2.83. The first kappa shape index (κ1) is 13.7. The van der Waals surface area contributed by atoms with E-state index >= 15 is 0 Å². The summed E-state index contributed by atoms with van der Waals surface area (Å²) in [6, 6.07) is 7.15. The number of aromatic nitrogens is 1. The molecule has 1 aromatic heterocycles. The number of ketones is 1. The Morgan fingerprint density at radius 2 is 2.11 bits per heavy atom. The number of Topliss-reactive ketones (excluding diaryl/α,β-unsaturated/α-hetero) is 1. The summed E-state index contributed by atoms with van der Waals surface area (Å²) in [4.78, 5) is 16.1. The van der Waals surface area contributed by atoms with E-state index in [1.54, 1.807) is 30.5 Å². The Bertz CT molecular complexity index is 548. The zero-order chi connectivity index (χ0) is 13.7. The van der Waals surface area contributed by atoms with Gasteiger partial charge >= 0.3 is 0 Å². The summed E-state index contributed by atoms with van der Waals surface area (Å²) in [7, 11) is 0. The number of aryl methyl sites for hydroxylation is 1. The molecule has 0 bridgehead atoms. The van der Waals surface area contributed by atoms with Gasteiger partial charge < -0.3 is 9.15 Å². The van der Waals surface area contributed by atoms with Crippen LogP contribution in [0.4, 0.5) is 0 Å². The first-order valence-electron chi connectivity index (χ1n) is 6.00. The molecule has 0 radical (unpaired) electrons. The smallest absolute Gasteiger partial charge is 0.256 e. The van der Waals surface area contributed by atoms with Gasteiger partial charge in [-0.05, 0) is 38.1 Å². The molecule has 2 aromatic rings. The highest BCUT2D eigenvalue weighted by molar-refractivity contribution is 7.99. The molecular formula is C14H15NO3S. The number of oxazole rings is 1. The van der Waals surface area contributed by atoms with Gasteiger partial charge in [0.15, 0.2) is 5.78 Å². The van der Waals surface area contributed by atoms with Gasteiger partial charge in [-0.2, -0.15) is 0 Å². The number of hydrogen-bond acceptors (Lipinski definition) is 5. The van der Waals surface area contributed by atoms with Crippen LogP contribution in [0.25, 0.3) is 0 Å². The maximum atomic E-state index is 12.0. The van der Waals surface area contributed by atoms with Crippen molar-refractivity contribution in [1.29, 1.82) is 0 Å². The second-order valence-electron chi connectivity index (χ2n) is 3.92. The quantitative estimate of drug-likeness (QED) is 0.598. The number of ether oxygens (including phenoxy) is 1. The molecule has 4 nitrogen and oxygen atoms in total. The molecule has 0 amide bonds. The molecule has 0 N–H and O–H groups in total. The molecule has 0 aliphatic carbocycles. The van der Waals surface area contributed by atoms with Gasteiger partial charge in [0.1, 0.15) is 12.0 Å². The Hall–Kier alpha value is -1.75. The molecule has 5 heteroatoms. The fourth-order valence-corrected chi connectivity index (χ4v) is 2.26. The van der Waals surface area contributed by atoms with Crippen molar-refractivity contribution in [3.8, 4) is 5.75 Å². The molecule has 100 valence electrons. The molecule has 1 aromatic carbocycles. The molecule has 0 atom stereocenters. The van der Waals surface area contributed by atoms with Crippen molar-refractivity contribution in [3.63, 3.8) is 0 Å². The van der Waals surface area contributed by atoms with Crippen LogP contribution >= 0.6 is 11.8 Å². The summed E-state index contributed by atoms with van der Waals surface area (Å²) in [6.45, 7) is 4.39. The van der Waals surface area contributed by atoms with Crippen LogP contribution in [0, 0.1) is 6.92 Å². The lowest BCUT2D eigenvalue weighted by atomic mass is 10.1. The normalized spacial score (nSPS) is 10.4. The third-order valence-electron chi connectivity index (χ3n) is 2.41. The van der Waals surface area contributed by atoms with Crippen LogP contribution in [-0.4, -0.2) is 23.1 Å². The van der Waals surface area contributed by atoms with Crippen molar-refractivity contribution >= 4 is 17.5 Å². The lowest BCUT2D eigenvalue weighted by molar-refractivity contribution is 0.102. The maximum absolute atomic E-state index is 12.0. The Balaban J connectivity index is 1.92. The number of nitrogens with zero attached hydrogens (tertiary/aromatic N) is 1. The minimum absolute atomic E-state index is 0.0453. The topological polar surface area (TPSA) is 52.3 Å². The molecule has 0 saturated carbocycles. The van der Waals surface area contributed by atoms with E-state index in [4.69, 9.17) is 9.15 Å². The van der Waals surface area contributed by atoms with Crippen LogP contribution < -0.4 is 4.74 Å². The standard InChI is InChI=1S/C14H15NO3S/c1-3-17-12-6-4-11(5-7-12)13(16)9-19-14-15-10(2)8-18-14/h4-8H,3,9H2,1-2H3. The van der Waals surface area contributed by atoms with Crippen LogP contribution in [0.1, 0.15) is 23.0 Å². The number of benzene rings is 1. The molecule has 2 rings (SSSR count). The van der Waals surface area contributed by atoms with Crippen LogP contribution in [0.15, 0.2) is 40.2 Å². The minimum atomic E-state index is 0.0453. The third kappa shape index (κ3) is 3.86. The van der Waals surface area contributed by atoms with E-state index < -0.39 is 0 Å². The van der Waals surface area contributed by atoms with Crippen LogP contribution in [0.3, 0.4) is 0 Å². The summed E-state index contributed by atoms with van der Waals surface area (Å²) in [5.41, 5.74) is 1.48. The van der Waals surface area contributed by atoms with Gasteiger partial charge in [0.05, 0.1) is 18.1 Å². The Morgan fingerprint density at radius 3 is 2.68 bits per heavy atom. The Kier molecular flexibility index (Phi) is 4.63. The van der Waals surface area contributed by atoms with Crippen LogP contribution in [0.2, 0.25) is 0 Å². The van der Waals surface area contributed by atoms with Crippen molar-refractivity contribution in [3.05, 3.63) is 41.8 Å². The molecule has 1 heterocycles. The second-order valence-corrected chi connectivity index (χ2v) is 4.85. The third-order valence-corrected chi connectivity index (χ3v) is 3.25. The van der Waals surface area contributed by atoms with E-state index in [0.29, 0.717) is 23.1 Å². The highest BCUT2D eigenvalue weighted by Crippen LogP contribution is 2.19. The summed E-state index contributed by atoms with van der Waals surface area (Å²) in [5, 5.41) is 0.525. The van der Waals surface area contributed by atoms with Crippen molar-refractivity contribution in [1.82, 2.24) is 4.98 Å². The molecule has 19 heavy (non-hydrogen) atoms. The number of rotatable bonds is 6. The van der Waals surface area contributed by atoms with E-state index in [1.807, 2.05) is 13.8 Å². The first-order valence-corrected chi connectivity index (χ1v) is 6.98. The van der Waals surface area contributed by atoms with Crippen molar-refractivity contribution in [2.24, 2.45) is 0 Å². The van der Waals surface area contributed by atoms with Gasteiger partial charge in [0, 0.05) is 5.56 Å². The molecule has 0 aliphatic heterocycles. The summed E-state index contributed by atoms with van der Waals surface area (Å²) < 4.78 is 10.5. The van der Waals surface area contributed by atoms with E-state index in [2.05, 4.69) is 4.98 Å². The molecule has 0 saturated heterocycles. The van der Waals surface area contributed by atoms with Crippen molar-refractivity contribution < 1.29 is 13.9 Å². The molecule has 0 spiro atoms. The lowest BCUT2D eigenvalue weighted by Gasteiger charge is -2.03. The zero-order valence-electron chi connectivity index (χ0n) is 10.9. The van der Waals surface area contributed by atoms with Gasteiger partial charge in [0.2, 0.25) is 0 Å². The molecule has 0 aliphatic rings. The summed E-state index contributed by atoms with van der Waals surface area (Å²) in [5.74, 6) is 1.13. The highest BCUT2D eigenvalue weighted by Gasteiger charge is 2.09. The maximum Gasteiger partial charge on any atom is 0.256 e. The monoisotopic (exact) mass is 277 g/mol. The SMILES string of the molecule is CCOc1ccc(C(=O)CSc2nc(C)co2)cc1. The number of carbonyl (C=O) groups excluding carboxylic acids is 1. The summed E-state index contributed by atoms with van der Waals surface area (Å²) >= 11 is 1.30. The van der Waals surface area contributed by atoms with Gasteiger partial charge in [-0.25, -0.2) is 4.98 Å². The number of carbonyl (C=O) groups is 1. The molecular weight excluding hydrogens is 262 g/mol. The number of thioether (sulfide) groups is 1. The molecule has 0 unspecified atom stereocenters. The van der Waals surface area contributed by atoms with E-state index in [0.717, 1.165) is 11.4 Å². The predicted molar refractivity (Wildman–Crippen MR) is 73.9 cm³/mol. The number of hydrogen-bond donors (Lipinski definition) is 0.